The monoisotopic (exact) mass is 514 g/mol. The van der Waals surface area contributed by atoms with Crippen molar-refractivity contribution in [1.29, 1.82) is 0 Å². The summed E-state index contributed by atoms with van der Waals surface area (Å²) in [6.07, 6.45) is 5.12. The summed E-state index contributed by atoms with van der Waals surface area (Å²) in [6, 6.07) is 0.612. The third-order valence-corrected chi connectivity index (χ3v) is 6.63. The van der Waals surface area contributed by atoms with Crippen LogP contribution in [0.1, 0.15) is 76.0 Å². The fourth-order valence-electron chi connectivity index (χ4n) is 4.53. The molecule has 1 N–H and O–H groups in total. The van der Waals surface area contributed by atoms with Crippen LogP contribution in [-0.2, 0) is 4.74 Å². The van der Waals surface area contributed by atoms with Gasteiger partial charge in [-0.15, -0.1) is 0 Å². The zero-order valence-electron chi connectivity index (χ0n) is 22.6. The van der Waals surface area contributed by atoms with Gasteiger partial charge in [-0.05, 0) is 40.0 Å². The lowest BCUT2D eigenvalue weighted by Crippen LogP contribution is -2.45. The quantitative estimate of drug-likeness (QED) is 0.614. The van der Waals surface area contributed by atoms with Crippen molar-refractivity contribution < 1.29 is 18.8 Å². The summed E-state index contributed by atoms with van der Waals surface area (Å²) in [5.74, 6) is 1.36. The molecular formula is C25H38N8O4. The summed E-state index contributed by atoms with van der Waals surface area (Å²) in [5, 5.41) is 6.94. The van der Waals surface area contributed by atoms with Gasteiger partial charge < -0.3 is 29.3 Å². The summed E-state index contributed by atoms with van der Waals surface area (Å²) in [7, 11) is 1.83. The zero-order valence-corrected chi connectivity index (χ0v) is 22.6. The first kappa shape index (κ1) is 26.6. The lowest BCUT2D eigenvalue weighted by atomic mass is 10.0. The molecule has 0 radical (unpaired) electrons. The second-order valence-corrected chi connectivity index (χ2v) is 11.1. The Morgan fingerprint density at radius 3 is 2.35 bits per heavy atom. The van der Waals surface area contributed by atoms with Crippen LogP contribution in [0.25, 0.3) is 0 Å². The molecule has 4 rings (SSSR count). The molecule has 2 aromatic heterocycles. The number of ether oxygens (including phenoxy) is 1. The van der Waals surface area contributed by atoms with Crippen LogP contribution < -0.4 is 15.1 Å². The topological polar surface area (TPSA) is 130 Å². The highest BCUT2D eigenvalue weighted by Gasteiger charge is 2.30. The van der Waals surface area contributed by atoms with Crippen molar-refractivity contribution in [2.45, 2.75) is 77.5 Å². The van der Waals surface area contributed by atoms with E-state index in [9.17, 15) is 9.59 Å². The second kappa shape index (κ2) is 10.9. The minimum Gasteiger partial charge on any atom is -0.444 e. The number of nitrogens with one attached hydrogen (secondary N) is 1. The van der Waals surface area contributed by atoms with E-state index < -0.39 is 11.7 Å². The largest absolute Gasteiger partial charge is 0.444 e. The summed E-state index contributed by atoms with van der Waals surface area (Å²) < 4.78 is 10.8. The van der Waals surface area contributed by atoms with Gasteiger partial charge in [-0.3, -0.25) is 4.79 Å². The lowest BCUT2D eigenvalue weighted by Gasteiger charge is -2.35. The third-order valence-electron chi connectivity index (χ3n) is 6.63. The number of hydrogen-bond acceptors (Lipinski definition) is 10. The van der Waals surface area contributed by atoms with Crippen LogP contribution in [0, 0.1) is 0 Å². The SMILES string of the molecule is CC(C)c1noc(N2CCC(N(C)C(=O)c3cnc(N4CCC(NC(=O)OC(C)(C)C)C4)nc3)CC2)n1. The Hall–Kier alpha value is -3.44. The molecule has 0 saturated carbocycles. The van der Waals surface area contributed by atoms with E-state index in [0.717, 1.165) is 32.4 Å². The Morgan fingerprint density at radius 1 is 1.11 bits per heavy atom. The van der Waals surface area contributed by atoms with Crippen molar-refractivity contribution in [3.8, 4) is 0 Å². The molecule has 0 aliphatic carbocycles. The number of rotatable bonds is 6. The number of hydrogen-bond donors (Lipinski definition) is 1. The zero-order chi connectivity index (χ0) is 26.7. The molecule has 2 aliphatic rings. The molecule has 1 unspecified atom stereocenters. The number of aromatic nitrogens is 4. The van der Waals surface area contributed by atoms with E-state index in [2.05, 4.69) is 30.3 Å². The fraction of sp³-hybridized carbons (Fsp3) is 0.680. The Kier molecular flexibility index (Phi) is 7.84. The summed E-state index contributed by atoms with van der Waals surface area (Å²) in [6.45, 7) is 12.4. The number of piperidine rings is 1. The summed E-state index contributed by atoms with van der Waals surface area (Å²) in [5.41, 5.74) is -0.0845. The molecule has 2 saturated heterocycles. The molecular weight excluding hydrogens is 476 g/mol. The molecule has 2 amide bonds. The second-order valence-electron chi connectivity index (χ2n) is 11.1. The number of nitrogens with zero attached hydrogens (tertiary/aromatic N) is 7. The van der Waals surface area contributed by atoms with Crippen molar-refractivity contribution in [2.24, 2.45) is 0 Å². The summed E-state index contributed by atoms with van der Waals surface area (Å²) in [4.78, 5) is 44.4. The lowest BCUT2D eigenvalue weighted by molar-refractivity contribution is 0.0508. The molecule has 2 aromatic rings. The first-order valence-corrected chi connectivity index (χ1v) is 12.9. The smallest absolute Gasteiger partial charge is 0.407 e. The van der Waals surface area contributed by atoms with Gasteiger partial charge in [0.2, 0.25) is 5.95 Å². The van der Waals surface area contributed by atoms with Crippen LogP contribution in [0.5, 0.6) is 0 Å². The van der Waals surface area contributed by atoms with Crippen molar-refractivity contribution in [3.05, 3.63) is 23.8 Å². The fourth-order valence-corrected chi connectivity index (χ4v) is 4.53. The minimum atomic E-state index is -0.538. The van der Waals surface area contributed by atoms with Gasteiger partial charge in [-0.1, -0.05) is 19.0 Å². The van der Waals surface area contributed by atoms with E-state index in [4.69, 9.17) is 9.26 Å². The van der Waals surface area contributed by atoms with E-state index in [-0.39, 0.29) is 23.9 Å². The van der Waals surface area contributed by atoms with Gasteiger partial charge in [0, 0.05) is 57.6 Å². The van der Waals surface area contributed by atoms with E-state index in [1.165, 1.54) is 0 Å². The Bertz CT molecular complexity index is 1070. The number of alkyl carbamates (subject to hydrolysis) is 1. The van der Waals surface area contributed by atoms with Gasteiger partial charge >= 0.3 is 12.1 Å². The number of anilines is 2. The van der Waals surface area contributed by atoms with Crippen LogP contribution >= 0.6 is 0 Å². The Morgan fingerprint density at radius 2 is 1.76 bits per heavy atom. The molecule has 12 nitrogen and oxygen atoms in total. The molecule has 37 heavy (non-hydrogen) atoms. The van der Waals surface area contributed by atoms with Gasteiger partial charge in [0.25, 0.3) is 5.91 Å². The van der Waals surface area contributed by atoms with Crippen LogP contribution in [0.3, 0.4) is 0 Å². The molecule has 2 fully saturated rings. The number of amides is 2. The highest BCUT2D eigenvalue weighted by atomic mass is 16.6. The van der Waals surface area contributed by atoms with Gasteiger partial charge in [-0.2, -0.15) is 4.98 Å². The predicted octanol–water partition coefficient (Wildman–Crippen LogP) is 2.83. The molecule has 12 heteroatoms. The average molecular weight is 515 g/mol. The highest BCUT2D eigenvalue weighted by Crippen LogP contribution is 2.24. The van der Waals surface area contributed by atoms with Crippen molar-refractivity contribution in [3.63, 3.8) is 0 Å². The minimum absolute atomic E-state index is 0.0409. The highest BCUT2D eigenvalue weighted by molar-refractivity contribution is 5.93. The van der Waals surface area contributed by atoms with Crippen LogP contribution in [0.4, 0.5) is 16.8 Å². The standard InChI is InChI=1S/C25H38N8O4/c1-16(2)20-29-23(37-30-20)32-11-8-19(9-12-32)31(6)21(34)17-13-26-22(27-14-17)33-10-7-18(15-33)28-24(35)36-25(3,4)5/h13-14,16,18-19H,7-12,15H2,1-6H3,(H,28,35). The molecule has 1 atom stereocenters. The maximum absolute atomic E-state index is 13.1. The van der Waals surface area contributed by atoms with Crippen molar-refractivity contribution in [2.75, 3.05) is 43.0 Å². The Labute approximate surface area is 217 Å². The van der Waals surface area contributed by atoms with E-state index in [0.29, 0.717) is 36.4 Å². The molecule has 202 valence electrons. The van der Waals surface area contributed by atoms with Crippen molar-refractivity contribution in [1.82, 2.24) is 30.3 Å². The number of carbonyl (C=O) groups excluding carboxylic acids is 2. The van der Waals surface area contributed by atoms with Crippen molar-refractivity contribution >= 4 is 24.0 Å². The van der Waals surface area contributed by atoms with E-state index >= 15 is 0 Å². The molecule has 0 aromatic carbocycles. The third kappa shape index (κ3) is 6.66. The molecule has 2 aliphatic heterocycles. The first-order chi connectivity index (χ1) is 17.5. The normalized spacial score (nSPS) is 18.8. The van der Waals surface area contributed by atoms with Crippen LogP contribution in [0.2, 0.25) is 0 Å². The molecule has 0 bridgehead atoms. The van der Waals surface area contributed by atoms with Gasteiger partial charge in [0.05, 0.1) is 11.6 Å². The summed E-state index contributed by atoms with van der Waals surface area (Å²) >= 11 is 0. The Balaban J connectivity index is 1.27. The predicted molar refractivity (Wildman–Crippen MR) is 138 cm³/mol. The average Bonchev–Trinajstić information content (AvgIpc) is 3.52. The first-order valence-electron chi connectivity index (χ1n) is 12.9. The van der Waals surface area contributed by atoms with E-state index in [1.807, 2.05) is 46.6 Å². The van der Waals surface area contributed by atoms with E-state index in [1.54, 1.807) is 17.3 Å². The van der Waals surface area contributed by atoms with Gasteiger partial charge in [0.15, 0.2) is 5.82 Å². The van der Waals surface area contributed by atoms with Crippen LogP contribution in [-0.4, -0.2) is 87.9 Å². The maximum Gasteiger partial charge on any atom is 0.407 e. The molecule has 0 spiro atoms. The molecule has 4 heterocycles. The van der Waals surface area contributed by atoms with Crippen LogP contribution in [0.15, 0.2) is 16.9 Å². The number of carbonyl (C=O) groups is 2. The van der Waals surface area contributed by atoms with Gasteiger partial charge in [-0.25, -0.2) is 14.8 Å². The van der Waals surface area contributed by atoms with Gasteiger partial charge in [0.1, 0.15) is 5.60 Å². The maximum atomic E-state index is 13.1.